The van der Waals surface area contributed by atoms with Crippen LogP contribution in [-0.4, -0.2) is 23.6 Å². The highest BCUT2D eigenvalue weighted by molar-refractivity contribution is 6.46. The maximum Gasteiger partial charge on any atom is 0.255 e. The number of halogens is 2. The number of methoxy groups -OCH3 is 1. The van der Waals surface area contributed by atoms with Crippen molar-refractivity contribution in [3.8, 4) is 5.75 Å². The van der Waals surface area contributed by atoms with E-state index in [9.17, 15) is 4.79 Å². The second-order valence-electron chi connectivity index (χ2n) is 5.10. The topological polar surface area (TPSA) is 34.5 Å². The first kappa shape index (κ1) is 13.7. The van der Waals surface area contributed by atoms with Gasteiger partial charge in [-0.05, 0) is 18.7 Å². The molecular formula is C14H14Cl2N2O2. The van der Waals surface area contributed by atoms with Crippen LogP contribution in [0.25, 0.3) is 10.9 Å². The van der Waals surface area contributed by atoms with Crippen molar-refractivity contribution in [2.24, 2.45) is 7.05 Å². The third kappa shape index (κ3) is 1.75. The van der Waals surface area contributed by atoms with Crippen LogP contribution in [0.1, 0.15) is 11.1 Å². The maximum absolute atomic E-state index is 12.4. The molecule has 0 saturated heterocycles. The molecule has 0 amide bonds. The third-order valence-electron chi connectivity index (χ3n) is 3.81. The summed E-state index contributed by atoms with van der Waals surface area (Å²) in [5, 5.41) is 1.62. The zero-order valence-corrected chi connectivity index (χ0v) is 13.0. The van der Waals surface area contributed by atoms with E-state index in [2.05, 4.69) is 4.90 Å². The van der Waals surface area contributed by atoms with Crippen molar-refractivity contribution in [1.29, 1.82) is 0 Å². The van der Waals surface area contributed by atoms with E-state index in [1.54, 1.807) is 18.7 Å². The number of hydrogen-bond donors (Lipinski definition) is 0. The van der Waals surface area contributed by atoms with Crippen LogP contribution in [0.3, 0.4) is 0 Å². The molecule has 4 nitrogen and oxygen atoms in total. The first-order valence-corrected chi connectivity index (χ1v) is 6.96. The molecule has 2 aromatic rings. The van der Waals surface area contributed by atoms with E-state index in [-0.39, 0.29) is 5.56 Å². The van der Waals surface area contributed by atoms with E-state index in [0.29, 0.717) is 27.9 Å². The summed E-state index contributed by atoms with van der Waals surface area (Å²) < 4.78 is 6.84. The normalized spacial score (nSPS) is 14.8. The van der Waals surface area contributed by atoms with Gasteiger partial charge in [0, 0.05) is 31.1 Å². The summed E-state index contributed by atoms with van der Waals surface area (Å²) in [5.41, 5.74) is 2.49. The predicted molar refractivity (Wildman–Crippen MR) is 80.9 cm³/mol. The molecule has 1 aromatic carbocycles. The van der Waals surface area contributed by atoms with Crippen LogP contribution in [0.5, 0.6) is 5.75 Å². The second-order valence-corrected chi connectivity index (χ2v) is 5.85. The van der Waals surface area contributed by atoms with Crippen molar-refractivity contribution in [2.75, 3.05) is 14.2 Å². The van der Waals surface area contributed by atoms with Gasteiger partial charge >= 0.3 is 0 Å². The molecule has 2 heterocycles. The monoisotopic (exact) mass is 312 g/mol. The molecule has 0 atom stereocenters. The minimum atomic E-state index is -0.0139. The summed E-state index contributed by atoms with van der Waals surface area (Å²) in [6.07, 6.45) is 0. The summed E-state index contributed by atoms with van der Waals surface area (Å²) in [7, 11) is 5.26. The molecular weight excluding hydrogens is 299 g/mol. The van der Waals surface area contributed by atoms with Crippen LogP contribution >= 0.6 is 23.2 Å². The molecule has 1 aliphatic rings. The molecule has 0 unspecified atom stereocenters. The van der Waals surface area contributed by atoms with E-state index in [0.717, 1.165) is 23.1 Å². The molecule has 1 aliphatic heterocycles. The number of benzene rings is 1. The highest BCUT2D eigenvalue weighted by Gasteiger charge is 2.25. The first-order chi connectivity index (χ1) is 9.45. The average molecular weight is 313 g/mol. The summed E-state index contributed by atoms with van der Waals surface area (Å²) in [6.45, 7) is 1.38. The van der Waals surface area contributed by atoms with Crippen molar-refractivity contribution in [3.05, 3.63) is 37.6 Å². The fourth-order valence-corrected chi connectivity index (χ4v) is 3.38. The summed E-state index contributed by atoms with van der Waals surface area (Å²) in [4.78, 5) is 14.5. The van der Waals surface area contributed by atoms with E-state index < -0.39 is 0 Å². The highest BCUT2D eigenvalue weighted by atomic mass is 35.5. The Bertz CT molecular complexity index is 783. The van der Waals surface area contributed by atoms with Crippen LogP contribution in [0.2, 0.25) is 10.0 Å². The third-order valence-corrected chi connectivity index (χ3v) is 4.65. The number of pyridine rings is 1. The quantitative estimate of drug-likeness (QED) is 0.812. The Labute approximate surface area is 126 Å². The molecule has 0 radical (unpaired) electrons. The standard InChI is InChI=1S/C14H14Cl2N2O2/c1-17-5-8-7-4-10(20-3)11(15)12(16)13(7)18(2)14(19)9(8)6-17/h4H,5-6H2,1-3H3. The van der Waals surface area contributed by atoms with Gasteiger partial charge in [0.05, 0.1) is 17.6 Å². The number of rotatable bonds is 1. The second kappa shape index (κ2) is 4.65. The number of nitrogens with zero attached hydrogens (tertiary/aromatic N) is 2. The molecule has 6 heteroatoms. The van der Waals surface area contributed by atoms with Crippen molar-refractivity contribution < 1.29 is 4.74 Å². The predicted octanol–water partition coefficient (Wildman–Crippen LogP) is 2.80. The van der Waals surface area contributed by atoms with Gasteiger partial charge in [0.15, 0.2) is 0 Å². The van der Waals surface area contributed by atoms with Gasteiger partial charge in [-0.15, -0.1) is 0 Å². The Balaban J connectivity index is 2.52. The number of fused-ring (bicyclic) bond motifs is 3. The maximum atomic E-state index is 12.4. The summed E-state index contributed by atoms with van der Waals surface area (Å²) in [6, 6.07) is 1.86. The zero-order valence-electron chi connectivity index (χ0n) is 11.5. The van der Waals surface area contributed by atoms with Gasteiger partial charge < -0.3 is 9.30 Å². The lowest BCUT2D eigenvalue weighted by Crippen LogP contribution is -2.22. The van der Waals surface area contributed by atoms with Crippen molar-refractivity contribution >= 4 is 34.1 Å². The van der Waals surface area contributed by atoms with Crippen molar-refractivity contribution in [1.82, 2.24) is 9.47 Å². The SMILES string of the molecule is COc1cc2c3c(c(=O)n(C)c2c(Cl)c1Cl)CN(C)C3. The number of ether oxygens (including phenoxy) is 1. The molecule has 0 N–H and O–H groups in total. The van der Waals surface area contributed by atoms with Crippen molar-refractivity contribution in [3.63, 3.8) is 0 Å². The molecule has 0 aliphatic carbocycles. The van der Waals surface area contributed by atoms with E-state index in [4.69, 9.17) is 27.9 Å². The number of hydrogen-bond acceptors (Lipinski definition) is 3. The van der Waals surface area contributed by atoms with Crippen LogP contribution in [0.15, 0.2) is 10.9 Å². The van der Waals surface area contributed by atoms with Gasteiger partial charge in [-0.3, -0.25) is 9.69 Å². The Morgan fingerprint density at radius 2 is 1.80 bits per heavy atom. The van der Waals surface area contributed by atoms with Gasteiger partial charge in [-0.25, -0.2) is 0 Å². The molecule has 20 heavy (non-hydrogen) atoms. The highest BCUT2D eigenvalue weighted by Crippen LogP contribution is 2.40. The fourth-order valence-electron chi connectivity index (χ4n) is 2.83. The molecule has 106 valence electrons. The first-order valence-electron chi connectivity index (χ1n) is 6.20. The summed E-state index contributed by atoms with van der Waals surface area (Å²) >= 11 is 12.5. The molecule has 1 aromatic heterocycles. The smallest absolute Gasteiger partial charge is 0.255 e. The minimum absolute atomic E-state index is 0.0139. The molecule has 0 bridgehead atoms. The molecule has 3 rings (SSSR count). The Morgan fingerprint density at radius 1 is 1.15 bits per heavy atom. The largest absolute Gasteiger partial charge is 0.495 e. The van der Waals surface area contributed by atoms with Gasteiger partial charge in [0.2, 0.25) is 0 Å². The lowest BCUT2D eigenvalue weighted by Gasteiger charge is -2.14. The zero-order chi connectivity index (χ0) is 14.6. The van der Waals surface area contributed by atoms with Gasteiger partial charge in [0.25, 0.3) is 5.56 Å². The van der Waals surface area contributed by atoms with E-state index in [1.807, 2.05) is 13.1 Å². The van der Waals surface area contributed by atoms with Crippen LogP contribution < -0.4 is 10.3 Å². The average Bonchev–Trinajstić information content (AvgIpc) is 2.81. The minimum Gasteiger partial charge on any atom is -0.495 e. The van der Waals surface area contributed by atoms with Crippen LogP contribution in [0.4, 0.5) is 0 Å². The fraction of sp³-hybridized carbons (Fsp3) is 0.357. The Morgan fingerprint density at radius 3 is 2.45 bits per heavy atom. The van der Waals surface area contributed by atoms with Crippen LogP contribution in [0, 0.1) is 0 Å². The van der Waals surface area contributed by atoms with Gasteiger partial charge in [-0.2, -0.15) is 0 Å². The number of aromatic nitrogens is 1. The van der Waals surface area contributed by atoms with Gasteiger partial charge in [0.1, 0.15) is 10.8 Å². The van der Waals surface area contributed by atoms with Gasteiger partial charge in [-0.1, -0.05) is 23.2 Å². The number of aryl methyl sites for hydroxylation is 1. The summed E-state index contributed by atoms with van der Waals surface area (Å²) in [5.74, 6) is 0.527. The molecule has 0 spiro atoms. The van der Waals surface area contributed by atoms with E-state index >= 15 is 0 Å². The van der Waals surface area contributed by atoms with Crippen LogP contribution in [-0.2, 0) is 20.1 Å². The van der Waals surface area contributed by atoms with E-state index in [1.165, 1.54) is 0 Å². The lowest BCUT2D eigenvalue weighted by molar-refractivity contribution is 0.353. The Hall–Kier alpha value is -1.23. The molecule has 0 saturated carbocycles. The van der Waals surface area contributed by atoms with Crippen molar-refractivity contribution in [2.45, 2.75) is 13.1 Å². The lowest BCUT2D eigenvalue weighted by atomic mass is 10.0. The Kier molecular flexibility index (Phi) is 3.20. The molecule has 0 fully saturated rings.